The molecule has 2 saturated heterocycles. The van der Waals surface area contributed by atoms with Crippen molar-refractivity contribution in [3.63, 3.8) is 0 Å². The Morgan fingerprint density at radius 3 is 2.58 bits per heavy atom. The molecule has 4 nitrogen and oxygen atoms in total. The number of amides is 2. The molecule has 2 rings (SSSR count). The SMILES string of the molecule is CC(C)CCCNC(=O)N1CC(C2CCOCC2)C1. The lowest BCUT2D eigenvalue weighted by Crippen LogP contribution is -2.56. The molecule has 0 aliphatic carbocycles. The van der Waals surface area contributed by atoms with Gasteiger partial charge in [-0.2, -0.15) is 0 Å². The van der Waals surface area contributed by atoms with E-state index < -0.39 is 0 Å². The van der Waals surface area contributed by atoms with Crippen molar-refractivity contribution in [1.29, 1.82) is 0 Å². The topological polar surface area (TPSA) is 41.6 Å². The molecule has 2 amide bonds. The summed E-state index contributed by atoms with van der Waals surface area (Å²) in [7, 11) is 0. The number of ether oxygens (including phenoxy) is 1. The molecule has 4 heteroatoms. The van der Waals surface area contributed by atoms with Gasteiger partial charge >= 0.3 is 6.03 Å². The van der Waals surface area contributed by atoms with Crippen LogP contribution in [-0.4, -0.2) is 43.8 Å². The number of hydrogen-bond acceptors (Lipinski definition) is 2. The summed E-state index contributed by atoms with van der Waals surface area (Å²) in [6.45, 7) is 8.95. The highest BCUT2D eigenvalue weighted by Crippen LogP contribution is 2.30. The molecular weight excluding hydrogens is 240 g/mol. The minimum absolute atomic E-state index is 0.132. The van der Waals surface area contributed by atoms with Gasteiger partial charge in [-0.3, -0.25) is 0 Å². The van der Waals surface area contributed by atoms with Crippen LogP contribution in [0.5, 0.6) is 0 Å². The second kappa shape index (κ2) is 7.13. The molecule has 0 bridgehead atoms. The molecule has 0 saturated carbocycles. The maximum atomic E-state index is 11.9. The fraction of sp³-hybridized carbons (Fsp3) is 0.933. The van der Waals surface area contributed by atoms with E-state index in [1.165, 1.54) is 19.3 Å². The van der Waals surface area contributed by atoms with E-state index in [4.69, 9.17) is 4.74 Å². The second-order valence-corrected chi connectivity index (χ2v) is 6.38. The quantitative estimate of drug-likeness (QED) is 0.778. The van der Waals surface area contributed by atoms with Crippen LogP contribution in [0.1, 0.15) is 39.5 Å². The molecule has 0 aromatic heterocycles. The Morgan fingerprint density at radius 1 is 1.26 bits per heavy atom. The van der Waals surface area contributed by atoms with Gasteiger partial charge in [-0.15, -0.1) is 0 Å². The summed E-state index contributed by atoms with van der Waals surface area (Å²) in [6, 6.07) is 0.132. The van der Waals surface area contributed by atoms with Gasteiger partial charge in [0.2, 0.25) is 0 Å². The molecule has 0 unspecified atom stereocenters. The van der Waals surface area contributed by atoms with E-state index in [2.05, 4.69) is 19.2 Å². The average Bonchev–Trinajstić information content (AvgIpc) is 2.34. The van der Waals surface area contributed by atoms with Crippen molar-refractivity contribution in [2.75, 3.05) is 32.8 Å². The predicted molar refractivity (Wildman–Crippen MR) is 76.1 cm³/mol. The van der Waals surface area contributed by atoms with Gasteiger partial charge in [0.25, 0.3) is 0 Å². The Morgan fingerprint density at radius 2 is 1.95 bits per heavy atom. The highest BCUT2D eigenvalue weighted by atomic mass is 16.5. The van der Waals surface area contributed by atoms with E-state index in [1.807, 2.05) is 4.90 Å². The molecule has 0 spiro atoms. The van der Waals surface area contributed by atoms with E-state index in [-0.39, 0.29) is 6.03 Å². The number of nitrogens with zero attached hydrogens (tertiary/aromatic N) is 1. The third kappa shape index (κ3) is 4.37. The van der Waals surface area contributed by atoms with Crippen molar-refractivity contribution in [1.82, 2.24) is 10.2 Å². The number of hydrogen-bond donors (Lipinski definition) is 1. The first-order chi connectivity index (χ1) is 9.16. The van der Waals surface area contributed by atoms with E-state index >= 15 is 0 Å². The number of carbonyl (C=O) groups is 1. The maximum Gasteiger partial charge on any atom is 0.317 e. The predicted octanol–water partition coefficient (Wildman–Crippen LogP) is 2.49. The minimum atomic E-state index is 0.132. The van der Waals surface area contributed by atoms with Crippen LogP contribution in [0, 0.1) is 17.8 Å². The van der Waals surface area contributed by atoms with Gasteiger partial charge < -0.3 is 15.0 Å². The fourth-order valence-corrected chi connectivity index (χ4v) is 2.98. The van der Waals surface area contributed by atoms with Crippen LogP contribution in [0.15, 0.2) is 0 Å². The van der Waals surface area contributed by atoms with Crippen LogP contribution in [0.25, 0.3) is 0 Å². The van der Waals surface area contributed by atoms with Crippen molar-refractivity contribution < 1.29 is 9.53 Å². The van der Waals surface area contributed by atoms with Crippen LogP contribution in [0.4, 0.5) is 4.79 Å². The molecule has 2 fully saturated rings. The molecule has 0 aromatic rings. The van der Waals surface area contributed by atoms with Crippen LogP contribution < -0.4 is 5.32 Å². The summed E-state index contributed by atoms with van der Waals surface area (Å²) in [5.74, 6) is 2.21. The van der Waals surface area contributed by atoms with Gasteiger partial charge in [0, 0.05) is 32.8 Å². The van der Waals surface area contributed by atoms with Crippen molar-refractivity contribution in [2.24, 2.45) is 17.8 Å². The van der Waals surface area contributed by atoms with E-state index in [0.29, 0.717) is 5.92 Å². The number of carbonyl (C=O) groups excluding carboxylic acids is 1. The molecule has 2 heterocycles. The lowest BCUT2D eigenvalue weighted by molar-refractivity contribution is 0.00696. The summed E-state index contributed by atoms with van der Waals surface area (Å²) in [4.78, 5) is 13.8. The molecule has 110 valence electrons. The van der Waals surface area contributed by atoms with Gasteiger partial charge in [-0.05, 0) is 43.4 Å². The first kappa shape index (κ1) is 14.6. The van der Waals surface area contributed by atoms with Crippen molar-refractivity contribution in [2.45, 2.75) is 39.5 Å². The fourth-order valence-electron chi connectivity index (χ4n) is 2.98. The minimum Gasteiger partial charge on any atom is -0.381 e. The zero-order chi connectivity index (χ0) is 13.7. The zero-order valence-electron chi connectivity index (χ0n) is 12.4. The summed E-state index contributed by atoms with van der Waals surface area (Å²) in [5.41, 5.74) is 0. The molecule has 0 atom stereocenters. The smallest absolute Gasteiger partial charge is 0.317 e. The van der Waals surface area contributed by atoms with E-state index in [0.717, 1.165) is 51.1 Å². The van der Waals surface area contributed by atoms with Crippen LogP contribution in [0.2, 0.25) is 0 Å². The van der Waals surface area contributed by atoms with Crippen molar-refractivity contribution in [3.05, 3.63) is 0 Å². The molecule has 19 heavy (non-hydrogen) atoms. The second-order valence-electron chi connectivity index (χ2n) is 6.38. The van der Waals surface area contributed by atoms with Gasteiger partial charge in [-0.1, -0.05) is 13.8 Å². The summed E-state index contributed by atoms with van der Waals surface area (Å²) < 4.78 is 5.38. The Balaban J connectivity index is 1.56. The Labute approximate surface area is 116 Å². The standard InChI is InChI=1S/C15H28N2O2/c1-12(2)4-3-7-16-15(18)17-10-14(11-17)13-5-8-19-9-6-13/h12-14H,3-11H2,1-2H3,(H,16,18). The third-order valence-electron chi connectivity index (χ3n) is 4.36. The molecule has 0 radical (unpaired) electrons. The number of likely N-dealkylation sites (tertiary alicyclic amines) is 1. The molecular formula is C15H28N2O2. The summed E-state index contributed by atoms with van der Waals surface area (Å²) in [6.07, 6.45) is 4.62. The van der Waals surface area contributed by atoms with Gasteiger partial charge in [-0.25, -0.2) is 4.79 Å². The summed E-state index contributed by atoms with van der Waals surface area (Å²) in [5, 5.41) is 3.03. The van der Waals surface area contributed by atoms with Gasteiger partial charge in [0.05, 0.1) is 0 Å². The molecule has 0 aromatic carbocycles. The highest BCUT2D eigenvalue weighted by Gasteiger charge is 2.36. The maximum absolute atomic E-state index is 11.9. The zero-order valence-corrected chi connectivity index (χ0v) is 12.4. The van der Waals surface area contributed by atoms with Crippen LogP contribution in [-0.2, 0) is 4.74 Å². The lowest BCUT2D eigenvalue weighted by Gasteiger charge is -2.44. The molecule has 2 aliphatic rings. The Kier molecular flexibility index (Phi) is 5.49. The first-order valence-electron chi connectivity index (χ1n) is 7.77. The first-order valence-corrected chi connectivity index (χ1v) is 7.77. The van der Waals surface area contributed by atoms with Gasteiger partial charge in [0.15, 0.2) is 0 Å². The lowest BCUT2D eigenvalue weighted by atomic mass is 9.81. The highest BCUT2D eigenvalue weighted by molar-refractivity contribution is 5.75. The van der Waals surface area contributed by atoms with Crippen LogP contribution in [0.3, 0.4) is 0 Å². The monoisotopic (exact) mass is 268 g/mol. The summed E-state index contributed by atoms with van der Waals surface area (Å²) >= 11 is 0. The third-order valence-corrected chi connectivity index (χ3v) is 4.36. The molecule has 1 N–H and O–H groups in total. The van der Waals surface area contributed by atoms with Gasteiger partial charge in [0.1, 0.15) is 0 Å². The molecule has 2 aliphatic heterocycles. The number of rotatable bonds is 5. The van der Waals surface area contributed by atoms with E-state index in [9.17, 15) is 4.79 Å². The normalized spacial score (nSPS) is 21.5. The largest absolute Gasteiger partial charge is 0.381 e. The Hall–Kier alpha value is -0.770. The van der Waals surface area contributed by atoms with Crippen molar-refractivity contribution >= 4 is 6.03 Å². The Bertz CT molecular complexity index is 282. The van der Waals surface area contributed by atoms with Crippen LogP contribution >= 0.6 is 0 Å². The number of nitrogens with one attached hydrogen (secondary N) is 1. The van der Waals surface area contributed by atoms with Crippen molar-refractivity contribution in [3.8, 4) is 0 Å². The number of urea groups is 1. The average molecular weight is 268 g/mol. The van der Waals surface area contributed by atoms with E-state index in [1.54, 1.807) is 0 Å².